The number of Topliss-reactive ketones (excluding diaryl/α,β-unsaturated/α-hetero) is 1. The summed E-state index contributed by atoms with van der Waals surface area (Å²) in [5.74, 6) is -1.50. The third-order valence-corrected chi connectivity index (χ3v) is 3.44. The molecule has 0 saturated carbocycles. The van der Waals surface area contributed by atoms with Crippen molar-refractivity contribution < 1.29 is 37.7 Å². The monoisotopic (exact) mass is 366 g/mol. The number of rotatable bonds is 7. The Kier molecular flexibility index (Phi) is 6.11. The molecular weight excluding hydrogens is 350 g/mol. The molecule has 6 nitrogen and oxygen atoms in total. The first kappa shape index (κ1) is 19.2. The van der Waals surface area contributed by atoms with E-state index in [0.717, 1.165) is 0 Å². The Labute approximate surface area is 147 Å². The lowest BCUT2D eigenvalue weighted by molar-refractivity contribution is -0.0498. The molecule has 2 aromatic rings. The number of carbonyl (C=O) groups is 2. The number of esters is 1. The lowest BCUT2D eigenvalue weighted by Gasteiger charge is -2.13. The van der Waals surface area contributed by atoms with E-state index in [2.05, 4.69) is 4.74 Å². The molecule has 0 unspecified atom stereocenters. The fourth-order valence-electron chi connectivity index (χ4n) is 2.12. The standard InChI is InChI=1S/C18H16F2O6/c1-10(16(22)11-3-5-12(6-4-11)26-18(19)20)25-17(23)14-8-7-13(24-2)9-15(14)21/h3-10,18,21H,1-2H3/t10-/m0/s1. The van der Waals surface area contributed by atoms with E-state index in [4.69, 9.17) is 9.47 Å². The molecule has 26 heavy (non-hydrogen) atoms. The molecule has 1 atom stereocenters. The van der Waals surface area contributed by atoms with E-state index in [1.807, 2.05) is 0 Å². The van der Waals surface area contributed by atoms with Gasteiger partial charge in [-0.2, -0.15) is 8.78 Å². The zero-order chi connectivity index (χ0) is 19.3. The van der Waals surface area contributed by atoms with Crippen molar-refractivity contribution in [3.8, 4) is 17.2 Å². The van der Waals surface area contributed by atoms with Crippen molar-refractivity contribution >= 4 is 11.8 Å². The number of methoxy groups -OCH3 is 1. The lowest BCUT2D eigenvalue weighted by Crippen LogP contribution is -2.24. The van der Waals surface area contributed by atoms with Crippen molar-refractivity contribution in [1.82, 2.24) is 0 Å². The van der Waals surface area contributed by atoms with Gasteiger partial charge in [0.05, 0.1) is 7.11 Å². The van der Waals surface area contributed by atoms with Crippen LogP contribution in [0.5, 0.6) is 17.2 Å². The normalized spacial score (nSPS) is 11.7. The minimum atomic E-state index is -2.96. The van der Waals surface area contributed by atoms with Gasteiger partial charge in [-0.25, -0.2) is 4.79 Å². The highest BCUT2D eigenvalue weighted by atomic mass is 19.3. The Morgan fingerprint density at radius 2 is 1.65 bits per heavy atom. The lowest BCUT2D eigenvalue weighted by atomic mass is 10.1. The van der Waals surface area contributed by atoms with Crippen LogP contribution in [0.25, 0.3) is 0 Å². The third-order valence-electron chi connectivity index (χ3n) is 3.44. The van der Waals surface area contributed by atoms with Crippen LogP contribution in [0.15, 0.2) is 42.5 Å². The molecule has 0 heterocycles. The second-order valence-electron chi connectivity index (χ2n) is 5.20. The molecule has 0 radical (unpaired) electrons. The van der Waals surface area contributed by atoms with Crippen molar-refractivity contribution in [3.63, 3.8) is 0 Å². The quantitative estimate of drug-likeness (QED) is 0.597. The number of hydrogen-bond acceptors (Lipinski definition) is 6. The summed E-state index contributed by atoms with van der Waals surface area (Å²) in [4.78, 5) is 24.4. The van der Waals surface area contributed by atoms with Crippen LogP contribution in [0.1, 0.15) is 27.6 Å². The van der Waals surface area contributed by atoms with Crippen molar-refractivity contribution in [2.45, 2.75) is 19.6 Å². The maximum Gasteiger partial charge on any atom is 0.387 e. The van der Waals surface area contributed by atoms with E-state index >= 15 is 0 Å². The van der Waals surface area contributed by atoms with Crippen LogP contribution >= 0.6 is 0 Å². The van der Waals surface area contributed by atoms with Gasteiger partial charge < -0.3 is 19.3 Å². The molecule has 0 amide bonds. The largest absolute Gasteiger partial charge is 0.507 e. The molecule has 0 saturated heterocycles. The summed E-state index contributed by atoms with van der Waals surface area (Å²) in [5, 5.41) is 9.82. The number of hydrogen-bond donors (Lipinski definition) is 1. The molecule has 0 spiro atoms. The van der Waals surface area contributed by atoms with E-state index in [-0.39, 0.29) is 22.6 Å². The van der Waals surface area contributed by atoms with E-state index < -0.39 is 24.5 Å². The fourth-order valence-corrected chi connectivity index (χ4v) is 2.12. The maximum atomic E-state index is 12.3. The van der Waals surface area contributed by atoms with Crippen LogP contribution in [0.4, 0.5) is 8.78 Å². The Balaban J connectivity index is 2.05. The maximum absolute atomic E-state index is 12.3. The van der Waals surface area contributed by atoms with Crippen LogP contribution in [-0.2, 0) is 4.74 Å². The molecule has 0 aliphatic carbocycles. The summed E-state index contributed by atoms with van der Waals surface area (Å²) in [5.41, 5.74) is 0.0389. The molecular formula is C18H16F2O6. The Morgan fingerprint density at radius 3 is 2.19 bits per heavy atom. The average Bonchev–Trinajstić information content (AvgIpc) is 2.60. The molecule has 0 aromatic heterocycles. The topological polar surface area (TPSA) is 82.1 Å². The summed E-state index contributed by atoms with van der Waals surface area (Å²) in [6, 6.07) is 9.01. The summed E-state index contributed by atoms with van der Waals surface area (Å²) in [6.07, 6.45) is -1.15. The number of ketones is 1. The average molecular weight is 366 g/mol. The van der Waals surface area contributed by atoms with Gasteiger partial charge in [0.15, 0.2) is 6.10 Å². The molecule has 0 aliphatic heterocycles. The number of benzene rings is 2. The van der Waals surface area contributed by atoms with Crippen LogP contribution < -0.4 is 9.47 Å². The summed E-state index contributed by atoms with van der Waals surface area (Å²) in [6.45, 7) is -1.60. The highest BCUT2D eigenvalue weighted by Gasteiger charge is 2.22. The number of alkyl halides is 2. The minimum absolute atomic E-state index is 0.0932. The molecule has 0 bridgehead atoms. The van der Waals surface area contributed by atoms with Gasteiger partial charge in [0.25, 0.3) is 0 Å². The number of carbonyl (C=O) groups excluding carboxylic acids is 2. The molecule has 0 aliphatic rings. The molecule has 0 fully saturated rings. The summed E-state index contributed by atoms with van der Waals surface area (Å²) < 4.78 is 38.4. The van der Waals surface area contributed by atoms with Gasteiger partial charge in [-0.15, -0.1) is 0 Å². The van der Waals surface area contributed by atoms with E-state index in [1.165, 1.54) is 56.5 Å². The van der Waals surface area contributed by atoms with Crippen LogP contribution in [-0.4, -0.2) is 36.7 Å². The Morgan fingerprint density at radius 1 is 1.04 bits per heavy atom. The predicted octanol–water partition coefficient (Wildman–Crippen LogP) is 3.43. The number of phenols is 1. The number of aromatic hydroxyl groups is 1. The predicted molar refractivity (Wildman–Crippen MR) is 86.9 cm³/mol. The Bertz CT molecular complexity index is 789. The third kappa shape index (κ3) is 4.69. The van der Waals surface area contributed by atoms with Crippen molar-refractivity contribution in [2.75, 3.05) is 7.11 Å². The number of phenolic OH excluding ortho intramolecular Hbond substituents is 1. The highest BCUT2D eigenvalue weighted by molar-refractivity contribution is 6.02. The fraction of sp³-hybridized carbons (Fsp3) is 0.222. The number of halogens is 2. The zero-order valence-electron chi connectivity index (χ0n) is 13.9. The van der Waals surface area contributed by atoms with E-state index in [9.17, 15) is 23.5 Å². The van der Waals surface area contributed by atoms with E-state index in [0.29, 0.717) is 5.75 Å². The van der Waals surface area contributed by atoms with E-state index in [1.54, 1.807) is 0 Å². The first-order valence-corrected chi connectivity index (χ1v) is 7.49. The molecule has 8 heteroatoms. The van der Waals surface area contributed by atoms with Gasteiger partial charge in [0.1, 0.15) is 22.8 Å². The van der Waals surface area contributed by atoms with Gasteiger partial charge in [-0.3, -0.25) is 4.79 Å². The first-order valence-electron chi connectivity index (χ1n) is 7.49. The number of ether oxygens (including phenoxy) is 3. The van der Waals surface area contributed by atoms with Gasteiger partial charge in [-0.1, -0.05) is 0 Å². The van der Waals surface area contributed by atoms with Crippen LogP contribution in [0.2, 0.25) is 0 Å². The van der Waals surface area contributed by atoms with Crippen molar-refractivity contribution in [1.29, 1.82) is 0 Å². The summed E-state index contributed by atoms with van der Waals surface area (Å²) in [7, 11) is 1.41. The van der Waals surface area contributed by atoms with Gasteiger partial charge in [-0.05, 0) is 43.3 Å². The summed E-state index contributed by atoms with van der Waals surface area (Å²) >= 11 is 0. The zero-order valence-corrected chi connectivity index (χ0v) is 13.9. The Hall–Kier alpha value is -3.16. The van der Waals surface area contributed by atoms with Crippen molar-refractivity contribution in [2.24, 2.45) is 0 Å². The molecule has 1 N–H and O–H groups in total. The van der Waals surface area contributed by atoms with Crippen LogP contribution in [0, 0.1) is 0 Å². The van der Waals surface area contributed by atoms with Gasteiger partial charge in [0, 0.05) is 11.6 Å². The second-order valence-corrected chi connectivity index (χ2v) is 5.20. The smallest absolute Gasteiger partial charge is 0.387 e. The first-order chi connectivity index (χ1) is 12.3. The molecule has 138 valence electrons. The minimum Gasteiger partial charge on any atom is -0.507 e. The second kappa shape index (κ2) is 8.28. The van der Waals surface area contributed by atoms with Gasteiger partial charge >= 0.3 is 12.6 Å². The molecule has 2 aromatic carbocycles. The van der Waals surface area contributed by atoms with Crippen molar-refractivity contribution in [3.05, 3.63) is 53.6 Å². The highest BCUT2D eigenvalue weighted by Crippen LogP contribution is 2.24. The SMILES string of the molecule is COc1ccc(C(=O)O[C@@H](C)C(=O)c2ccc(OC(F)F)cc2)c(O)c1. The molecule has 2 rings (SSSR count). The van der Waals surface area contributed by atoms with Gasteiger partial charge in [0.2, 0.25) is 5.78 Å². The van der Waals surface area contributed by atoms with Crippen LogP contribution in [0.3, 0.4) is 0 Å².